The first-order valence-electron chi connectivity index (χ1n) is 5.08. The highest BCUT2D eigenvalue weighted by atomic mass is 35.5. The molecule has 0 aliphatic heterocycles. The van der Waals surface area contributed by atoms with Crippen LogP contribution in [0.15, 0.2) is 18.2 Å². The van der Waals surface area contributed by atoms with Crippen molar-refractivity contribution < 1.29 is 14.3 Å². The Morgan fingerprint density at radius 3 is 2.62 bits per heavy atom. The van der Waals surface area contributed by atoms with E-state index in [1.807, 2.05) is 6.92 Å². The highest BCUT2D eigenvalue weighted by Crippen LogP contribution is 2.21. The van der Waals surface area contributed by atoms with Crippen LogP contribution in [0.4, 0.5) is 4.39 Å². The maximum absolute atomic E-state index is 13.1. The Balaban J connectivity index is 2.73. The second kappa shape index (κ2) is 5.30. The van der Waals surface area contributed by atoms with Gasteiger partial charge in [0.05, 0.1) is 10.9 Å². The number of carbonyl (C=O) groups is 1. The third kappa shape index (κ3) is 3.20. The second-order valence-corrected chi connectivity index (χ2v) is 4.46. The molecule has 16 heavy (non-hydrogen) atoms. The lowest BCUT2D eigenvalue weighted by Crippen LogP contribution is -2.19. The molecule has 0 aliphatic rings. The van der Waals surface area contributed by atoms with Crippen molar-refractivity contribution in [1.82, 2.24) is 0 Å². The van der Waals surface area contributed by atoms with Crippen LogP contribution in [-0.4, -0.2) is 11.1 Å². The van der Waals surface area contributed by atoms with Gasteiger partial charge in [-0.3, -0.25) is 4.79 Å². The number of carboxylic acid groups (broad SMARTS) is 1. The molecule has 0 aromatic heterocycles. The fourth-order valence-electron chi connectivity index (χ4n) is 1.46. The van der Waals surface area contributed by atoms with Gasteiger partial charge in [0.15, 0.2) is 0 Å². The molecule has 88 valence electrons. The molecule has 0 saturated carbocycles. The molecule has 0 saturated heterocycles. The van der Waals surface area contributed by atoms with Crippen molar-refractivity contribution in [2.45, 2.75) is 20.3 Å². The van der Waals surface area contributed by atoms with Gasteiger partial charge >= 0.3 is 5.97 Å². The Morgan fingerprint density at radius 1 is 1.50 bits per heavy atom. The van der Waals surface area contributed by atoms with Gasteiger partial charge < -0.3 is 5.11 Å². The van der Waals surface area contributed by atoms with Gasteiger partial charge in [0.2, 0.25) is 0 Å². The molecule has 1 N–H and O–H groups in total. The van der Waals surface area contributed by atoms with Crippen molar-refractivity contribution in [2.24, 2.45) is 11.8 Å². The van der Waals surface area contributed by atoms with Gasteiger partial charge in [-0.25, -0.2) is 4.39 Å². The third-order valence-corrected chi connectivity index (χ3v) is 3.09. The minimum atomic E-state index is -0.832. The highest BCUT2D eigenvalue weighted by molar-refractivity contribution is 6.30. The molecular weight excluding hydrogens is 231 g/mol. The Hall–Kier alpha value is -1.09. The maximum Gasteiger partial charge on any atom is 0.306 e. The van der Waals surface area contributed by atoms with Gasteiger partial charge in [-0.15, -0.1) is 0 Å². The molecule has 2 unspecified atom stereocenters. The Bertz CT molecular complexity index is 393. The van der Waals surface area contributed by atoms with Gasteiger partial charge in [0, 0.05) is 0 Å². The minimum absolute atomic E-state index is 0.0434. The smallest absolute Gasteiger partial charge is 0.306 e. The zero-order valence-corrected chi connectivity index (χ0v) is 9.96. The van der Waals surface area contributed by atoms with E-state index in [4.69, 9.17) is 16.7 Å². The molecule has 0 amide bonds. The SMILES string of the molecule is CC(Cc1ccc(Cl)c(F)c1)C(C)C(=O)O. The molecule has 0 heterocycles. The quantitative estimate of drug-likeness (QED) is 0.882. The lowest BCUT2D eigenvalue weighted by Gasteiger charge is -2.15. The number of hydrogen-bond donors (Lipinski definition) is 1. The van der Waals surface area contributed by atoms with E-state index in [0.29, 0.717) is 6.42 Å². The van der Waals surface area contributed by atoms with Crippen molar-refractivity contribution in [3.63, 3.8) is 0 Å². The van der Waals surface area contributed by atoms with Gasteiger partial charge in [0.25, 0.3) is 0 Å². The van der Waals surface area contributed by atoms with Crippen LogP contribution < -0.4 is 0 Å². The van der Waals surface area contributed by atoms with Crippen LogP contribution in [0.2, 0.25) is 5.02 Å². The maximum atomic E-state index is 13.1. The van der Waals surface area contributed by atoms with Crippen molar-refractivity contribution in [2.75, 3.05) is 0 Å². The summed E-state index contributed by atoms with van der Waals surface area (Å²) in [5.74, 6) is -1.78. The number of benzene rings is 1. The van der Waals surface area contributed by atoms with Crippen LogP contribution in [0.3, 0.4) is 0 Å². The normalized spacial score (nSPS) is 14.5. The molecule has 0 radical (unpaired) electrons. The summed E-state index contributed by atoms with van der Waals surface area (Å²) in [4.78, 5) is 10.8. The van der Waals surface area contributed by atoms with Crippen LogP contribution in [0.25, 0.3) is 0 Å². The first-order chi connectivity index (χ1) is 7.41. The molecule has 1 aromatic carbocycles. The lowest BCUT2D eigenvalue weighted by atomic mass is 9.90. The predicted octanol–water partition coefficient (Wildman–Crippen LogP) is 3.38. The first-order valence-corrected chi connectivity index (χ1v) is 5.46. The molecule has 1 rings (SSSR count). The van der Waals surface area contributed by atoms with E-state index in [1.54, 1.807) is 13.0 Å². The van der Waals surface area contributed by atoms with Crippen LogP contribution in [0.1, 0.15) is 19.4 Å². The molecule has 1 aromatic rings. The number of halogens is 2. The van der Waals surface area contributed by atoms with E-state index in [0.717, 1.165) is 5.56 Å². The van der Waals surface area contributed by atoms with Crippen molar-refractivity contribution >= 4 is 17.6 Å². The summed E-state index contributed by atoms with van der Waals surface area (Å²) >= 11 is 5.56. The zero-order chi connectivity index (χ0) is 12.3. The van der Waals surface area contributed by atoms with Crippen molar-refractivity contribution in [1.29, 1.82) is 0 Å². The molecule has 0 bridgehead atoms. The molecule has 0 spiro atoms. The summed E-state index contributed by atoms with van der Waals surface area (Å²) in [6.45, 7) is 3.49. The molecule has 0 fully saturated rings. The predicted molar refractivity (Wildman–Crippen MR) is 61.1 cm³/mol. The molecular formula is C12H14ClFO2. The molecule has 4 heteroatoms. The van der Waals surface area contributed by atoms with E-state index in [2.05, 4.69) is 0 Å². The Morgan fingerprint density at radius 2 is 2.12 bits per heavy atom. The monoisotopic (exact) mass is 244 g/mol. The van der Waals surface area contributed by atoms with Crippen molar-refractivity contribution in [3.05, 3.63) is 34.6 Å². The summed E-state index contributed by atoms with van der Waals surface area (Å²) in [5, 5.41) is 8.92. The number of rotatable bonds is 4. The third-order valence-electron chi connectivity index (χ3n) is 2.78. The van der Waals surface area contributed by atoms with Crippen LogP contribution >= 0.6 is 11.6 Å². The fourth-order valence-corrected chi connectivity index (χ4v) is 1.58. The van der Waals surface area contributed by atoms with Crippen LogP contribution in [0, 0.1) is 17.7 Å². The number of aliphatic carboxylic acids is 1. The summed E-state index contributed by atoms with van der Waals surface area (Å²) in [6.07, 6.45) is 0.529. The molecule has 2 atom stereocenters. The van der Waals surface area contributed by atoms with Gasteiger partial charge in [-0.1, -0.05) is 31.5 Å². The lowest BCUT2D eigenvalue weighted by molar-refractivity contribution is -0.142. The minimum Gasteiger partial charge on any atom is -0.481 e. The van der Waals surface area contributed by atoms with Gasteiger partial charge in [0.1, 0.15) is 5.82 Å². The van der Waals surface area contributed by atoms with Crippen LogP contribution in [-0.2, 0) is 11.2 Å². The molecule has 2 nitrogen and oxygen atoms in total. The van der Waals surface area contributed by atoms with Gasteiger partial charge in [-0.05, 0) is 30.0 Å². The Kier molecular flexibility index (Phi) is 4.30. The summed E-state index contributed by atoms with van der Waals surface area (Å²) in [7, 11) is 0. The summed E-state index contributed by atoms with van der Waals surface area (Å²) in [5.41, 5.74) is 0.766. The van der Waals surface area contributed by atoms with Crippen LogP contribution in [0.5, 0.6) is 0 Å². The number of hydrogen-bond acceptors (Lipinski definition) is 1. The highest BCUT2D eigenvalue weighted by Gasteiger charge is 2.19. The van der Waals surface area contributed by atoms with E-state index in [9.17, 15) is 9.18 Å². The van der Waals surface area contributed by atoms with E-state index < -0.39 is 17.7 Å². The first kappa shape index (κ1) is 13.0. The topological polar surface area (TPSA) is 37.3 Å². The van der Waals surface area contributed by atoms with E-state index >= 15 is 0 Å². The standard InChI is InChI=1S/C12H14ClFO2/c1-7(8(2)12(15)16)5-9-3-4-10(13)11(14)6-9/h3-4,6-8H,5H2,1-2H3,(H,15,16). The Labute approximate surface area is 99.0 Å². The summed E-state index contributed by atoms with van der Waals surface area (Å²) < 4.78 is 13.1. The van der Waals surface area contributed by atoms with E-state index in [-0.39, 0.29) is 10.9 Å². The molecule has 0 aliphatic carbocycles. The zero-order valence-electron chi connectivity index (χ0n) is 9.21. The number of carboxylic acids is 1. The largest absolute Gasteiger partial charge is 0.481 e. The average Bonchev–Trinajstić information content (AvgIpc) is 2.22. The van der Waals surface area contributed by atoms with E-state index in [1.165, 1.54) is 12.1 Å². The second-order valence-electron chi connectivity index (χ2n) is 4.06. The fraction of sp³-hybridized carbons (Fsp3) is 0.417. The van der Waals surface area contributed by atoms with Gasteiger partial charge in [-0.2, -0.15) is 0 Å². The average molecular weight is 245 g/mol. The van der Waals surface area contributed by atoms with Crippen molar-refractivity contribution in [3.8, 4) is 0 Å². The summed E-state index contributed by atoms with van der Waals surface area (Å²) in [6, 6.07) is 4.56.